The molecule has 4 atom stereocenters. The number of aliphatic hydroxyl groups excluding tert-OH is 1. The lowest BCUT2D eigenvalue weighted by Crippen LogP contribution is -2.53. The van der Waals surface area contributed by atoms with E-state index in [1.807, 2.05) is 6.92 Å². The molecule has 1 heterocycles. The Bertz CT molecular complexity index is 94.3. The summed E-state index contributed by atoms with van der Waals surface area (Å²) in [6, 6.07) is -0.371. The van der Waals surface area contributed by atoms with Crippen LogP contribution in [0.25, 0.3) is 0 Å². The molecule has 4 heteroatoms. The standard InChI is InChI=1S/C6H14N2O2/c1-3-4(7)2-5(8)6(9)10-3/h3-6,9H,2,7-8H2,1H3/t3-,4+,5+,6+/m1/s1. The van der Waals surface area contributed by atoms with Crippen LogP contribution in [0.15, 0.2) is 0 Å². The van der Waals surface area contributed by atoms with Crippen molar-refractivity contribution in [1.29, 1.82) is 0 Å². The minimum atomic E-state index is -0.838. The number of hydrogen-bond donors (Lipinski definition) is 3. The van der Waals surface area contributed by atoms with Crippen molar-refractivity contribution in [1.82, 2.24) is 0 Å². The normalized spacial score (nSPS) is 49.2. The van der Waals surface area contributed by atoms with Crippen LogP contribution in [0.2, 0.25) is 0 Å². The highest BCUT2D eigenvalue weighted by Crippen LogP contribution is 2.14. The highest BCUT2D eigenvalue weighted by molar-refractivity contribution is 4.82. The van der Waals surface area contributed by atoms with Gasteiger partial charge in [0.05, 0.1) is 12.1 Å². The lowest BCUT2D eigenvalue weighted by molar-refractivity contribution is -0.172. The Hall–Kier alpha value is -0.160. The first-order valence-electron chi connectivity index (χ1n) is 3.46. The van der Waals surface area contributed by atoms with Crippen molar-refractivity contribution in [2.75, 3.05) is 0 Å². The van der Waals surface area contributed by atoms with Gasteiger partial charge >= 0.3 is 0 Å². The van der Waals surface area contributed by atoms with Gasteiger partial charge in [-0.3, -0.25) is 0 Å². The highest BCUT2D eigenvalue weighted by atomic mass is 16.6. The van der Waals surface area contributed by atoms with E-state index >= 15 is 0 Å². The molecule has 4 nitrogen and oxygen atoms in total. The molecular formula is C6H14N2O2. The molecule has 0 unspecified atom stereocenters. The van der Waals surface area contributed by atoms with E-state index in [9.17, 15) is 0 Å². The first-order chi connectivity index (χ1) is 4.61. The van der Waals surface area contributed by atoms with Crippen LogP contribution in [0.5, 0.6) is 0 Å². The van der Waals surface area contributed by atoms with Gasteiger partial charge in [0, 0.05) is 6.04 Å². The monoisotopic (exact) mass is 146 g/mol. The molecule has 0 aromatic heterocycles. The second-order valence-corrected chi connectivity index (χ2v) is 2.80. The maximum Gasteiger partial charge on any atom is 0.170 e. The van der Waals surface area contributed by atoms with E-state index in [0.29, 0.717) is 6.42 Å². The molecule has 0 aliphatic carbocycles. The second-order valence-electron chi connectivity index (χ2n) is 2.80. The van der Waals surface area contributed by atoms with E-state index in [4.69, 9.17) is 21.3 Å². The largest absolute Gasteiger partial charge is 0.367 e. The van der Waals surface area contributed by atoms with Crippen molar-refractivity contribution < 1.29 is 9.84 Å². The predicted octanol–water partition coefficient (Wildman–Crippen LogP) is -1.23. The zero-order valence-electron chi connectivity index (χ0n) is 6.03. The van der Waals surface area contributed by atoms with Gasteiger partial charge < -0.3 is 21.3 Å². The van der Waals surface area contributed by atoms with Crippen LogP contribution in [-0.4, -0.2) is 29.6 Å². The Morgan fingerprint density at radius 1 is 1.40 bits per heavy atom. The molecule has 1 aliphatic rings. The van der Waals surface area contributed by atoms with Crippen LogP contribution in [-0.2, 0) is 4.74 Å². The van der Waals surface area contributed by atoms with Crippen LogP contribution in [0.3, 0.4) is 0 Å². The van der Waals surface area contributed by atoms with Crippen molar-refractivity contribution in [3.63, 3.8) is 0 Å². The summed E-state index contributed by atoms with van der Waals surface area (Å²) in [4.78, 5) is 0. The van der Waals surface area contributed by atoms with Gasteiger partial charge in [0.2, 0.25) is 0 Å². The Morgan fingerprint density at radius 2 is 2.00 bits per heavy atom. The van der Waals surface area contributed by atoms with Crippen molar-refractivity contribution in [3.05, 3.63) is 0 Å². The number of aliphatic hydroxyl groups is 1. The van der Waals surface area contributed by atoms with Gasteiger partial charge in [0.25, 0.3) is 0 Å². The number of nitrogens with two attached hydrogens (primary N) is 2. The number of hydrogen-bond acceptors (Lipinski definition) is 4. The summed E-state index contributed by atoms with van der Waals surface area (Å²) in [5.41, 5.74) is 11.1. The molecule has 0 saturated carbocycles. The Labute approximate surface area is 60.1 Å². The molecule has 60 valence electrons. The third-order valence-electron chi connectivity index (χ3n) is 1.87. The van der Waals surface area contributed by atoms with E-state index < -0.39 is 6.29 Å². The summed E-state index contributed by atoms with van der Waals surface area (Å²) in [5, 5.41) is 9.06. The van der Waals surface area contributed by atoms with Crippen molar-refractivity contribution >= 4 is 0 Å². The molecule has 10 heavy (non-hydrogen) atoms. The lowest BCUT2D eigenvalue weighted by atomic mass is 10.0. The first-order valence-corrected chi connectivity index (χ1v) is 3.46. The van der Waals surface area contributed by atoms with Crippen LogP contribution in [0.1, 0.15) is 13.3 Å². The minimum Gasteiger partial charge on any atom is -0.367 e. The van der Waals surface area contributed by atoms with Crippen LogP contribution in [0, 0.1) is 0 Å². The summed E-state index contributed by atoms with van der Waals surface area (Å²) < 4.78 is 5.02. The lowest BCUT2D eigenvalue weighted by Gasteiger charge is -2.33. The Kier molecular flexibility index (Phi) is 2.25. The zero-order chi connectivity index (χ0) is 7.72. The van der Waals surface area contributed by atoms with E-state index in [1.54, 1.807) is 0 Å². The van der Waals surface area contributed by atoms with Gasteiger partial charge in [-0.15, -0.1) is 0 Å². The zero-order valence-corrected chi connectivity index (χ0v) is 6.03. The molecule has 0 spiro atoms. The van der Waals surface area contributed by atoms with Gasteiger partial charge in [-0.1, -0.05) is 0 Å². The van der Waals surface area contributed by atoms with E-state index in [1.165, 1.54) is 0 Å². The van der Waals surface area contributed by atoms with Crippen LogP contribution in [0.4, 0.5) is 0 Å². The Morgan fingerprint density at radius 3 is 2.50 bits per heavy atom. The summed E-state index contributed by atoms with van der Waals surface area (Å²) in [5.74, 6) is 0. The average molecular weight is 146 g/mol. The topological polar surface area (TPSA) is 81.5 Å². The van der Waals surface area contributed by atoms with Gasteiger partial charge in [0.1, 0.15) is 0 Å². The molecule has 1 saturated heterocycles. The molecule has 1 fully saturated rings. The molecule has 0 aromatic carbocycles. The van der Waals surface area contributed by atoms with E-state index in [2.05, 4.69) is 0 Å². The number of ether oxygens (including phenoxy) is 1. The van der Waals surface area contributed by atoms with Gasteiger partial charge in [0.15, 0.2) is 6.29 Å². The van der Waals surface area contributed by atoms with Crippen LogP contribution >= 0.6 is 0 Å². The van der Waals surface area contributed by atoms with Gasteiger partial charge in [-0.05, 0) is 13.3 Å². The van der Waals surface area contributed by atoms with Crippen molar-refractivity contribution in [2.24, 2.45) is 11.5 Å². The molecule has 0 bridgehead atoms. The second kappa shape index (κ2) is 2.84. The smallest absolute Gasteiger partial charge is 0.170 e. The van der Waals surface area contributed by atoms with Crippen molar-refractivity contribution in [2.45, 2.75) is 37.8 Å². The van der Waals surface area contributed by atoms with Gasteiger partial charge in [-0.25, -0.2) is 0 Å². The Balaban J connectivity index is 2.46. The van der Waals surface area contributed by atoms with Crippen LogP contribution < -0.4 is 11.5 Å². The number of rotatable bonds is 0. The third kappa shape index (κ3) is 1.46. The predicted molar refractivity (Wildman–Crippen MR) is 37.1 cm³/mol. The highest BCUT2D eigenvalue weighted by Gasteiger charge is 2.29. The summed E-state index contributed by atoms with van der Waals surface area (Å²) in [6.45, 7) is 1.83. The SMILES string of the molecule is C[C@H]1O[C@H](O)[C@@H](N)C[C@@H]1N. The first kappa shape index (κ1) is 7.94. The van der Waals surface area contributed by atoms with E-state index in [-0.39, 0.29) is 18.2 Å². The third-order valence-corrected chi connectivity index (χ3v) is 1.87. The fourth-order valence-corrected chi connectivity index (χ4v) is 1.04. The molecule has 0 radical (unpaired) electrons. The van der Waals surface area contributed by atoms with Crippen molar-refractivity contribution in [3.8, 4) is 0 Å². The molecule has 1 rings (SSSR count). The summed E-state index contributed by atoms with van der Waals surface area (Å²) >= 11 is 0. The van der Waals surface area contributed by atoms with Gasteiger partial charge in [-0.2, -0.15) is 0 Å². The fraction of sp³-hybridized carbons (Fsp3) is 1.00. The molecular weight excluding hydrogens is 132 g/mol. The molecule has 0 aromatic rings. The minimum absolute atomic E-state index is 0.0431. The molecule has 1 aliphatic heterocycles. The quantitative estimate of drug-likeness (QED) is 0.399. The maximum absolute atomic E-state index is 9.06. The average Bonchev–Trinajstić information content (AvgIpc) is 1.84. The maximum atomic E-state index is 9.06. The molecule has 0 amide bonds. The summed E-state index contributed by atoms with van der Waals surface area (Å²) in [6.07, 6.45) is -0.299. The fourth-order valence-electron chi connectivity index (χ4n) is 1.04. The molecule has 5 N–H and O–H groups in total. The van der Waals surface area contributed by atoms with E-state index in [0.717, 1.165) is 0 Å². The summed E-state index contributed by atoms with van der Waals surface area (Å²) in [7, 11) is 0.